The molecule has 1 aromatic rings. The van der Waals surface area contributed by atoms with Crippen molar-refractivity contribution in [1.29, 1.82) is 0 Å². The predicted molar refractivity (Wildman–Crippen MR) is 61.1 cm³/mol. The molecule has 1 N–H and O–H groups in total. The average molecular weight is 272 g/mol. The van der Waals surface area contributed by atoms with Crippen LogP contribution in [0.15, 0.2) is 47.4 Å². The van der Waals surface area contributed by atoms with Gasteiger partial charge in [0.2, 0.25) is 0 Å². The van der Waals surface area contributed by atoms with Gasteiger partial charge >= 0.3 is 0 Å². The molecule has 1 aliphatic rings. The van der Waals surface area contributed by atoms with Gasteiger partial charge in [0.25, 0.3) is 0 Å². The molecule has 0 aromatic carbocycles. The average Bonchev–Trinajstić information content (AvgIpc) is 2.24. The van der Waals surface area contributed by atoms with Crippen LogP contribution in [-0.2, 0) is 5.00 Å². The van der Waals surface area contributed by atoms with Crippen molar-refractivity contribution in [3.8, 4) is 0 Å². The summed E-state index contributed by atoms with van der Waals surface area (Å²) in [5.41, 5.74) is 0.925. The topological polar surface area (TPSA) is 24.9 Å². The first kappa shape index (κ1) is 9.74. The number of rotatable bonds is 1. The normalized spacial score (nSPS) is 25.4. The van der Waals surface area contributed by atoms with Gasteiger partial charge in [0, 0.05) is 28.6 Å². The number of halogens is 2. The van der Waals surface area contributed by atoms with Crippen molar-refractivity contribution in [3.05, 3.63) is 52.9 Å². The minimum atomic E-state index is -0.675. The minimum absolute atomic E-state index is 0.675. The van der Waals surface area contributed by atoms with Gasteiger partial charge in [-0.3, -0.25) is 4.98 Å². The molecule has 1 aromatic heterocycles. The van der Waals surface area contributed by atoms with Gasteiger partial charge in [-0.15, -0.1) is 0 Å². The van der Waals surface area contributed by atoms with Crippen LogP contribution >= 0.6 is 27.5 Å². The van der Waals surface area contributed by atoms with Crippen LogP contribution in [0.5, 0.6) is 0 Å². The summed E-state index contributed by atoms with van der Waals surface area (Å²) < 4.78 is 0.970. The van der Waals surface area contributed by atoms with Crippen LogP contribution in [0.25, 0.3) is 0 Å². The molecule has 1 aliphatic heterocycles. The lowest BCUT2D eigenvalue weighted by molar-refractivity contribution is 0.662. The van der Waals surface area contributed by atoms with Gasteiger partial charge < -0.3 is 5.32 Å². The van der Waals surface area contributed by atoms with E-state index in [1.54, 1.807) is 12.4 Å². The molecule has 1 atom stereocenters. The van der Waals surface area contributed by atoms with E-state index in [4.69, 9.17) is 11.6 Å². The van der Waals surface area contributed by atoms with Crippen LogP contribution in [0, 0.1) is 0 Å². The summed E-state index contributed by atoms with van der Waals surface area (Å²) in [5.74, 6) is 0. The van der Waals surface area contributed by atoms with Gasteiger partial charge in [-0.25, -0.2) is 0 Å². The number of dihydropyridines is 1. The SMILES string of the molecule is ClC1(c2cccnc2)C=CC(Br)=CN1. The quantitative estimate of drug-likeness (QED) is 0.627. The molecule has 0 amide bonds. The van der Waals surface area contributed by atoms with Crippen LogP contribution in [0.1, 0.15) is 5.56 Å². The van der Waals surface area contributed by atoms with Gasteiger partial charge in [0.15, 0.2) is 5.00 Å². The second kappa shape index (κ2) is 3.75. The highest BCUT2D eigenvalue weighted by Crippen LogP contribution is 2.30. The summed E-state index contributed by atoms with van der Waals surface area (Å²) in [6.45, 7) is 0. The molecule has 0 aliphatic carbocycles. The Balaban J connectivity index is 2.32. The highest BCUT2D eigenvalue weighted by molar-refractivity contribution is 9.11. The van der Waals surface area contributed by atoms with E-state index >= 15 is 0 Å². The van der Waals surface area contributed by atoms with Crippen LogP contribution in [0.2, 0.25) is 0 Å². The fourth-order valence-corrected chi connectivity index (χ4v) is 1.70. The Morgan fingerprint density at radius 1 is 1.50 bits per heavy atom. The Morgan fingerprint density at radius 3 is 2.93 bits per heavy atom. The number of alkyl halides is 1. The summed E-state index contributed by atoms with van der Waals surface area (Å²) in [6.07, 6.45) is 9.09. The number of pyridine rings is 1. The molecule has 0 radical (unpaired) electrons. The van der Waals surface area contributed by atoms with Crippen LogP contribution in [-0.4, -0.2) is 4.98 Å². The smallest absolute Gasteiger partial charge is 0.158 e. The largest absolute Gasteiger partial charge is 0.365 e. The first-order valence-electron chi connectivity index (χ1n) is 4.13. The van der Waals surface area contributed by atoms with Crippen molar-refractivity contribution in [3.63, 3.8) is 0 Å². The van der Waals surface area contributed by atoms with Crippen LogP contribution in [0.3, 0.4) is 0 Å². The third-order valence-electron chi connectivity index (χ3n) is 1.97. The number of nitrogens with one attached hydrogen (secondary N) is 1. The summed E-state index contributed by atoms with van der Waals surface area (Å²) in [6, 6.07) is 3.80. The zero-order valence-electron chi connectivity index (χ0n) is 7.24. The van der Waals surface area contributed by atoms with E-state index in [0.717, 1.165) is 10.0 Å². The third-order valence-corrected chi connectivity index (χ3v) is 2.92. The molecule has 1 unspecified atom stereocenters. The Labute approximate surface area is 95.8 Å². The van der Waals surface area contributed by atoms with E-state index in [1.165, 1.54) is 0 Å². The second-order valence-electron chi connectivity index (χ2n) is 2.96. The molecule has 2 rings (SSSR count). The summed E-state index contributed by atoms with van der Waals surface area (Å²) in [7, 11) is 0. The molecular formula is C10H8BrClN2. The van der Waals surface area contributed by atoms with E-state index in [9.17, 15) is 0 Å². The van der Waals surface area contributed by atoms with E-state index in [-0.39, 0.29) is 0 Å². The molecule has 2 nitrogen and oxygen atoms in total. The minimum Gasteiger partial charge on any atom is -0.365 e. The summed E-state index contributed by atoms with van der Waals surface area (Å²) >= 11 is 9.71. The first-order valence-corrected chi connectivity index (χ1v) is 5.30. The molecule has 2 heterocycles. The molecule has 0 saturated carbocycles. The molecule has 0 fully saturated rings. The summed E-state index contributed by atoms with van der Waals surface area (Å²) in [4.78, 5) is 3.36. The third kappa shape index (κ3) is 1.83. The van der Waals surface area contributed by atoms with Gasteiger partial charge in [0.05, 0.1) is 0 Å². The fourth-order valence-electron chi connectivity index (χ4n) is 1.22. The lowest BCUT2D eigenvalue weighted by atomic mass is 10.1. The Kier molecular flexibility index (Phi) is 2.61. The lowest BCUT2D eigenvalue weighted by Crippen LogP contribution is -2.33. The molecule has 4 heteroatoms. The zero-order valence-corrected chi connectivity index (χ0v) is 9.59. The Morgan fingerprint density at radius 2 is 2.36 bits per heavy atom. The maximum Gasteiger partial charge on any atom is 0.158 e. The highest BCUT2D eigenvalue weighted by Gasteiger charge is 2.26. The van der Waals surface area contributed by atoms with Gasteiger partial charge in [-0.05, 0) is 34.1 Å². The Hall–Kier alpha value is -0.800. The number of aromatic nitrogens is 1. The maximum absolute atomic E-state index is 6.36. The molecule has 0 bridgehead atoms. The van der Waals surface area contributed by atoms with Gasteiger partial charge in [-0.1, -0.05) is 17.7 Å². The summed E-state index contributed by atoms with van der Waals surface area (Å²) in [5, 5.41) is 3.09. The molecule has 14 heavy (non-hydrogen) atoms. The van der Waals surface area contributed by atoms with E-state index in [1.807, 2.05) is 30.5 Å². The van der Waals surface area contributed by atoms with Crippen LogP contribution in [0.4, 0.5) is 0 Å². The number of hydrogen-bond donors (Lipinski definition) is 1. The van der Waals surface area contributed by atoms with E-state index < -0.39 is 5.00 Å². The number of nitrogens with zero attached hydrogens (tertiary/aromatic N) is 1. The van der Waals surface area contributed by atoms with Crippen molar-refractivity contribution in [2.75, 3.05) is 0 Å². The Bertz CT molecular complexity index is 388. The molecule has 72 valence electrons. The van der Waals surface area contributed by atoms with Crippen molar-refractivity contribution < 1.29 is 0 Å². The molecule has 0 saturated heterocycles. The van der Waals surface area contributed by atoms with Crippen molar-refractivity contribution >= 4 is 27.5 Å². The molecule has 0 spiro atoms. The zero-order chi connectivity index (χ0) is 10.0. The fraction of sp³-hybridized carbons (Fsp3) is 0.100. The van der Waals surface area contributed by atoms with Gasteiger partial charge in [0.1, 0.15) is 0 Å². The van der Waals surface area contributed by atoms with Crippen LogP contribution < -0.4 is 5.32 Å². The maximum atomic E-state index is 6.36. The number of allylic oxidation sites excluding steroid dienone is 2. The standard InChI is InChI=1S/C10H8BrClN2/c11-9-3-4-10(12,14-7-9)8-2-1-5-13-6-8/h1-7,14H. The van der Waals surface area contributed by atoms with Crippen molar-refractivity contribution in [2.45, 2.75) is 5.00 Å². The lowest BCUT2D eigenvalue weighted by Gasteiger charge is -2.26. The van der Waals surface area contributed by atoms with Gasteiger partial charge in [-0.2, -0.15) is 0 Å². The predicted octanol–water partition coefficient (Wildman–Crippen LogP) is 2.87. The highest BCUT2D eigenvalue weighted by atomic mass is 79.9. The first-order chi connectivity index (χ1) is 6.71. The monoisotopic (exact) mass is 270 g/mol. The van der Waals surface area contributed by atoms with E-state index in [2.05, 4.69) is 26.2 Å². The molecular weight excluding hydrogens is 263 g/mol. The second-order valence-corrected chi connectivity index (χ2v) is 4.47. The van der Waals surface area contributed by atoms with E-state index in [0.29, 0.717) is 0 Å². The van der Waals surface area contributed by atoms with Crippen molar-refractivity contribution in [1.82, 2.24) is 10.3 Å². The number of hydrogen-bond acceptors (Lipinski definition) is 2. The van der Waals surface area contributed by atoms with Crippen molar-refractivity contribution in [2.24, 2.45) is 0 Å².